The topological polar surface area (TPSA) is 74.8 Å². The number of aliphatic imine (C=N–C) groups is 1. The molecule has 0 radical (unpaired) electrons. The first-order valence-corrected chi connectivity index (χ1v) is 9.57. The van der Waals surface area contributed by atoms with Crippen LogP contribution < -0.4 is 20.7 Å². The predicted molar refractivity (Wildman–Crippen MR) is 114 cm³/mol. The van der Waals surface area contributed by atoms with Gasteiger partial charge in [0.15, 0.2) is 5.96 Å². The maximum absolute atomic E-state index is 12.0. The summed E-state index contributed by atoms with van der Waals surface area (Å²) in [5.74, 6) is 1.23. The first-order chi connectivity index (χ1) is 13.6. The van der Waals surface area contributed by atoms with Crippen LogP contribution in [0, 0.1) is 0 Å². The number of halogens is 1. The van der Waals surface area contributed by atoms with Crippen molar-refractivity contribution in [3.05, 3.63) is 64.7 Å². The van der Waals surface area contributed by atoms with E-state index in [1.807, 2.05) is 42.5 Å². The summed E-state index contributed by atoms with van der Waals surface area (Å²) < 4.78 is 5.15. The third kappa shape index (κ3) is 7.48. The van der Waals surface area contributed by atoms with E-state index >= 15 is 0 Å². The lowest BCUT2D eigenvalue weighted by molar-refractivity contribution is -0.119. The van der Waals surface area contributed by atoms with Gasteiger partial charge in [-0.2, -0.15) is 0 Å². The first kappa shape index (κ1) is 21.6. The van der Waals surface area contributed by atoms with Crippen LogP contribution in [0.5, 0.6) is 5.75 Å². The number of hydrogen-bond donors (Lipinski definition) is 3. The van der Waals surface area contributed by atoms with E-state index in [-0.39, 0.29) is 12.5 Å². The monoisotopic (exact) mass is 402 g/mol. The number of nitrogens with one attached hydrogen (secondary N) is 3. The lowest BCUT2D eigenvalue weighted by Crippen LogP contribution is -2.44. The quantitative estimate of drug-likeness (QED) is 0.445. The maximum atomic E-state index is 12.0. The average molecular weight is 403 g/mol. The number of carbonyl (C=O) groups excluding carboxylic acids is 1. The number of methoxy groups -OCH3 is 1. The van der Waals surface area contributed by atoms with Crippen molar-refractivity contribution >= 4 is 23.5 Å². The lowest BCUT2D eigenvalue weighted by atomic mass is 10.1. The molecule has 3 N–H and O–H groups in total. The Balaban J connectivity index is 1.66. The minimum absolute atomic E-state index is 0.0721. The number of carbonyl (C=O) groups is 1. The van der Waals surface area contributed by atoms with Gasteiger partial charge in [0.25, 0.3) is 0 Å². The molecular weight excluding hydrogens is 376 g/mol. The summed E-state index contributed by atoms with van der Waals surface area (Å²) in [5.41, 5.74) is 2.22. The maximum Gasteiger partial charge on any atom is 0.239 e. The van der Waals surface area contributed by atoms with Crippen LogP contribution in [0.3, 0.4) is 0 Å². The van der Waals surface area contributed by atoms with Crippen molar-refractivity contribution in [1.82, 2.24) is 16.0 Å². The molecule has 2 rings (SSSR count). The fourth-order valence-electron chi connectivity index (χ4n) is 2.61. The van der Waals surface area contributed by atoms with E-state index in [1.54, 1.807) is 20.2 Å². The zero-order valence-corrected chi connectivity index (χ0v) is 17.1. The Morgan fingerprint density at radius 3 is 2.46 bits per heavy atom. The van der Waals surface area contributed by atoms with Crippen molar-refractivity contribution in [3.8, 4) is 5.75 Å². The highest BCUT2D eigenvalue weighted by atomic mass is 35.5. The third-order valence-electron chi connectivity index (χ3n) is 4.17. The Labute approximate surface area is 171 Å². The van der Waals surface area contributed by atoms with Crippen LogP contribution in [0.2, 0.25) is 5.02 Å². The molecule has 0 unspecified atom stereocenters. The van der Waals surface area contributed by atoms with Crippen LogP contribution in [0.15, 0.2) is 53.5 Å². The molecule has 0 aliphatic rings. The van der Waals surface area contributed by atoms with Gasteiger partial charge in [0, 0.05) is 25.2 Å². The molecule has 0 aromatic heterocycles. The van der Waals surface area contributed by atoms with Crippen LogP contribution >= 0.6 is 11.6 Å². The number of benzene rings is 2. The van der Waals surface area contributed by atoms with Gasteiger partial charge in [-0.3, -0.25) is 9.79 Å². The van der Waals surface area contributed by atoms with Crippen LogP contribution in [-0.4, -0.2) is 45.7 Å². The molecule has 0 saturated carbocycles. The molecule has 0 aliphatic heterocycles. The molecule has 28 heavy (non-hydrogen) atoms. The van der Waals surface area contributed by atoms with Crippen LogP contribution in [0.25, 0.3) is 0 Å². The Morgan fingerprint density at radius 2 is 1.79 bits per heavy atom. The minimum atomic E-state index is -0.0721. The van der Waals surface area contributed by atoms with Gasteiger partial charge in [0.2, 0.25) is 5.91 Å². The number of hydrogen-bond acceptors (Lipinski definition) is 3. The number of nitrogens with zero attached hydrogens (tertiary/aromatic N) is 1. The van der Waals surface area contributed by atoms with E-state index < -0.39 is 0 Å². The molecule has 0 spiro atoms. The largest absolute Gasteiger partial charge is 0.497 e. The van der Waals surface area contributed by atoms with E-state index in [4.69, 9.17) is 16.3 Å². The fourth-order valence-corrected chi connectivity index (χ4v) is 2.88. The van der Waals surface area contributed by atoms with Gasteiger partial charge in [-0.25, -0.2) is 0 Å². The van der Waals surface area contributed by atoms with Gasteiger partial charge >= 0.3 is 0 Å². The standard InChI is InChI=1S/C21H27ClN4O2/c1-23-21(25-13-11-17-8-9-18(28-2)14-19(17)22)26-15-20(27)24-12-10-16-6-4-3-5-7-16/h3-9,14H,10-13,15H2,1-2H3,(H,24,27)(H2,23,25,26). The summed E-state index contributed by atoms with van der Waals surface area (Å²) in [6.07, 6.45) is 1.54. The highest BCUT2D eigenvalue weighted by Crippen LogP contribution is 2.22. The first-order valence-electron chi connectivity index (χ1n) is 9.20. The van der Waals surface area contributed by atoms with Crippen molar-refractivity contribution < 1.29 is 9.53 Å². The number of rotatable bonds is 9. The predicted octanol–water partition coefficient (Wildman–Crippen LogP) is 2.42. The Kier molecular flexibility index (Phi) is 9.15. The molecule has 2 aromatic rings. The van der Waals surface area contributed by atoms with Crippen molar-refractivity contribution in [1.29, 1.82) is 0 Å². The highest BCUT2D eigenvalue weighted by Gasteiger charge is 2.05. The molecule has 7 heteroatoms. The summed E-state index contributed by atoms with van der Waals surface area (Å²) in [4.78, 5) is 16.1. The van der Waals surface area contributed by atoms with Gasteiger partial charge < -0.3 is 20.7 Å². The summed E-state index contributed by atoms with van der Waals surface area (Å²) in [7, 11) is 3.28. The highest BCUT2D eigenvalue weighted by molar-refractivity contribution is 6.31. The molecule has 0 heterocycles. The Hall–Kier alpha value is -2.73. The zero-order valence-electron chi connectivity index (χ0n) is 16.3. The van der Waals surface area contributed by atoms with Crippen LogP contribution in [0.4, 0.5) is 0 Å². The molecule has 150 valence electrons. The van der Waals surface area contributed by atoms with Gasteiger partial charge in [0.1, 0.15) is 5.75 Å². The van der Waals surface area contributed by atoms with E-state index in [9.17, 15) is 4.79 Å². The second-order valence-electron chi connectivity index (χ2n) is 6.15. The summed E-state index contributed by atoms with van der Waals surface area (Å²) in [6.45, 7) is 1.41. The van der Waals surface area contributed by atoms with Gasteiger partial charge in [-0.1, -0.05) is 48.0 Å². The van der Waals surface area contributed by atoms with Crippen molar-refractivity contribution in [2.45, 2.75) is 12.8 Å². The number of ether oxygens (including phenoxy) is 1. The summed E-state index contributed by atoms with van der Waals surface area (Å²) in [5, 5.41) is 9.76. The van der Waals surface area contributed by atoms with Crippen LogP contribution in [-0.2, 0) is 17.6 Å². The van der Waals surface area contributed by atoms with Gasteiger partial charge in [0.05, 0.1) is 13.7 Å². The van der Waals surface area contributed by atoms with Crippen molar-refractivity contribution in [2.24, 2.45) is 4.99 Å². The van der Waals surface area contributed by atoms with Crippen LogP contribution in [0.1, 0.15) is 11.1 Å². The molecule has 0 atom stereocenters. The van der Waals surface area contributed by atoms with Crippen molar-refractivity contribution in [2.75, 3.05) is 33.8 Å². The normalized spacial score (nSPS) is 11.0. The Bertz CT molecular complexity index is 781. The zero-order chi connectivity index (χ0) is 20.2. The third-order valence-corrected chi connectivity index (χ3v) is 4.52. The van der Waals surface area contributed by atoms with E-state index in [0.29, 0.717) is 24.1 Å². The molecule has 0 fully saturated rings. The van der Waals surface area contributed by atoms with E-state index in [1.165, 1.54) is 5.56 Å². The summed E-state index contributed by atoms with van der Waals surface area (Å²) >= 11 is 6.25. The van der Waals surface area contributed by atoms with E-state index in [2.05, 4.69) is 20.9 Å². The molecule has 6 nitrogen and oxygen atoms in total. The summed E-state index contributed by atoms with van der Waals surface area (Å²) in [6, 6.07) is 15.7. The van der Waals surface area contributed by atoms with Gasteiger partial charge in [-0.15, -0.1) is 0 Å². The van der Waals surface area contributed by atoms with E-state index in [0.717, 1.165) is 24.2 Å². The second-order valence-corrected chi connectivity index (χ2v) is 6.55. The van der Waals surface area contributed by atoms with Crippen molar-refractivity contribution in [3.63, 3.8) is 0 Å². The van der Waals surface area contributed by atoms with Gasteiger partial charge in [-0.05, 0) is 36.1 Å². The number of amides is 1. The number of guanidine groups is 1. The molecule has 1 amide bonds. The minimum Gasteiger partial charge on any atom is -0.497 e. The SMILES string of the molecule is CN=C(NCCc1ccc(OC)cc1Cl)NCC(=O)NCCc1ccccc1. The lowest BCUT2D eigenvalue weighted by Gasteiger charge is -2.13. The molecule has 0 bridgehead atoms. The Morgan fingerprint density at radius 1 is 1.04 bits per heavy atom. The molecule has 2 aromatic carbocycles. The smallest absolute Gasteiger partial charge is 0.239 e. The fraction of sp³-hybridized carbons (Fsp3) is 0.333. The molecule has 0 saturated heterocycles. The second kappa shape index (κ2) is 11.9. The molecular formula is C21H27ClN4O2. The molecule has 0 aliphatic carbocycles. The average Bonchev–Trinajstić information content (AvgIpc) is 2.72.